The van der Waals surface area contributed by atoms with E-state index in [0.717, 1.165) is 5.56 Å². The molecule has 3 aromatic rings. The number of hydrogen-bond donors (Lipinski definition) is 1. The standard InChI is InChI=1S/C22H21NO4S/c1-16(17-8-3-2-4-9-17)27-22(25)19-11-5-6-12-20(19)28-15-21(24)23-14-18-10-7-13-26-18/h2-13,16H,14-15H2,1H3,(H,23,24)/t16-/m0/s1. The Kier molecular flexibility index (Phi) is 6.92. The van der Waals surface area contributed by atoms with Crippen molar-refractivity contribution in [1.29, 1.82) is 0 Å². The molecular weight excluding hydrogens is 374 g/mol. The average molecular weight is 395 g/mol. The molecule has 0 aliphatic heterocycles. The summed E-state index contributed by atoms with van der Waals surface area (Å²) in [5, 5.41) is 2.79. The van der Waals surface area contributed by atoms with Crippen molar-refractivity contribution in [3.63, 3.8) is 0 Å². The molecule has 0 saturated heterocycles. The SMILES string of the molecule is C[C@H](OC(=O)c1ccccc1SCC(=O)NCc1ccco1)c1ccccc1. The van der Waals surface area contributed by atoms with Gasteiger partial charge in [0.15, 0.2) is 0 Å². The van der Waals surface area contributed by atoms with Crippen LogP contribution in [-0.4, -0.2) is 17.6 Å². The number of thioether (sulfide) groups is 1. The zero-order valence-electron chi connectivity index (χ0n) is 15.5. The summed E-state index contributed by atoms with van der Waals surface area (Å²) < 4.78 is 10.8. The highest BCUT2D eigenvalue weighted by molar-refractivity contribution is 8.00. The fourth-order valence-corrected chi connectivity index (χ4v) is 3.44. The van der Waals surface area contributed by atoms with Crippen LogP contribution in [0.3, 0.4) is 0 Å². The molecule has 3 rings (SSSR count). The van der Waals surface area contributed by atoms with Gasteiger partial charge in [-0.1, -0.05) is 42.5 Å². The third-order valence-electron chi connectivity index (χ3n) is 4.06. The van der Waals surface area contributed by atoms with E-state index in [4.69, 9.17) is 9.15 Å². The monoisotopic (exact) mass is 395 g/mol. The van der Waals surface area contributed by atoms with Gasteiger partial charge in [-0.25, -0.2) is 4.79 Å². The van der Waals surface area contributed by atoms with E-state index in [0.29, 0.717) is 22.8 Å². The van der Waals surface area contributed by atoms with E-state index < -0.39 is 5.97 Å². The van der Waals surface area contributed by atoms with Crippen molar-refractivity contribution in [2.24, 2.45) is 0 Å². The van der Waals surface area contributed by atoms with E-state index in [1.807, 2.05) is 49.4 Å². The fourth-order valence-electron chi connectivity index (χ4n) is 2.57. The Morgan fingerprint density at radius 2 is 1.79 bits per heavy atom. The summed E-state index contributed by atoms with van der Waals surface area (Å²) in [6.45, 7) is 2.18. The largest absolute Gasteiger partial charge is 0.467 e. The first-order valence-corrected chi connectivity index (χ1v) is 9.89. The van der Waals surface area contributed by atoms with Gasteiger partial charge in [-0.15, -0.1) is 11.8 Å². The first kappa shape index (κ1) is 19.8. The van der Waals surface area contributed by atoms with Gasteiger partial charge < -0.3 is 14.5 Å². The van der Waals surface area contributed by atoms with Crippen molar-refractivity contribution in [2.75, 3.05) is 5.75 Å². The number of ether oxygens (including phenoxy) is 1. The summed E-state index contributed by atoms with van der Waals surface area (Å²) in [6, 6.07) is 20.3. The number of rotatable bonds is 8. The summed E-state index contributed by atoms with van der Waals surface area (Å²) in [6.07, 6.45) is 1.21. The van der Waals surface area contributed by atoms with Gasteiger partial charge in [0.25, 0.3) is 0 Å². The van der Waals surface area contributed by atoms with Gasteiger partial charge in [0, 0.05) is 4.90 Å². The van der Waals surface area contributed by atoms with Crippen LogP contribution in [0, 0.1) is 0 Å². The molecule has 1 atom stereocenters. The van der Waals surface area contributed by atoms with Crippen LogP contribution in [0.15, 0.2) is 82.3 Å². The molecule has 1 amide bonds. The van der Waals surface area contributed by atoms with Crippen LogP contribution < -0.4 is 5.32 Å². The maximum atomic E-state index is 12.6. The number of carbonyl (C=O) groups is 2. The summed E-state index contributed by atoms with van der Waals surface area (Å²) in [5.41, 5.74) is 1.38. The minimum absolute atomic E-state index is 0.137. The molecule has 0 unspecified atom stereocenters. The van der Waals surface area contributed by atoms with E-state index in [1.54, 1.807) is 30.5 Å². The second-order valence-electron chi connectivity index (χ2n) is 6.10. The topological polar surface area (TPSA) is 68.5 Å². The fraction of sp³-hybridized carbons (Fsp3) is 0.182. The number of benzene rings is 2. The highest BCUT2D eigenvalue weighted by atomic mass is 32.2. The minimum Gasteiger partial charge on any atom is -0.467 e. The van der Waals surface area contributed by atoms with Crippen LogP contribution in [0.25, 0.3) is 0 Å². The maximum absolute atomic E-state index is 12.6. The van der Waals surface area contributed by atoms with Crippen LogP contribution in [0.5, 0.6) is 0 Å². The first-order chi connectivity index (χ1) is 13.6. The lowest BCUT2D eigenvalue weighted by Crippen LogP contribution is -2.24. The highest BCUT2D eigenvalue weighted by Gasteiger charge is 2.17. The molecule has 28 heavy (non-hydrogen) atoms. The normalized spacial score (nSPS) is 11.6. The minimum atomic E-state index is -0.407. The number of carbonyl (C=O) groups excluding carboxylic acids is 2. The Labute approximate surface area is 168 Å². The number of hydrogen-bond acceptors (Lipinski definition) is 5. The summed E-state index contributed by atoms with van der Waals surface area (Å²) in [4.78, 5) is 25.4. The van der Waals surface area contributed by atoms with E-state index >= 15 is 0 Å². The van der Waals surface area contributed by atoms with E-state index in [2.05, 4.69) is 5.32 Å². The molecule has 1 N–H and O–H groups in total. The lowest BCUT2D eigenvalue weighted by Gasteiger charge is -2.15. The molecule has 0 bridgehead atoms. The van der Waals surface area contributed by atoms with Gasteiger partial charge in [0.1, 0.15) is 11.9 Å². The van der Waals surface area contributed by atoms with Crippen molar-refractivity contribution >= 4 is 23.6 Å². The molecule has 5 nitrogen and oxygen atoms in total. The lowest BCUT2D eigenvalue weighted by atomic mass is 10.1. The second-order valence-corrected chi connectivity index (χ2v) is 7.12. The molecule has 0 radical (unpaired) electrons. The van der Waals surface area contributed by atoms with Gasteiger partial charge in [0.05, 0.1) is 24.1 Å². The van der Waals surface area contributed by atoms with Crippen LogP contribution in [0.4, 0.5) is 0 Å². The molecule has 0 spiro atoms. The molecular formula is C22H21NO4S. The summed E-state index contributed by atoms with van der Waals surface area (Å²) >= 11 is 1.30. The predicted octanol–water partition coefficient (Wildman–Crippen LogP) is 4.61. The van der Waals surface area contributed by atoms with Gasteiger partial charge in [0.2, 0.25) is 5.91 Å². The van der Waals surface area contributed by atoms with Crippen molar-refractivity contribution in [3.05, 3.63) is 89.9 Å². The molecule has 0 aliphatic carbocycles. The van der Waals surface area contributed by atoms with Gasteiger partial charge in [-0.05, 0) is 36.8 Å². The van der Waals surface area contributed by atoms with Crippen LogP contribution >= 0.6 is 11.8 Å². The van der Waals surface area contributed by atoms with Crippen molar-refractivity contribution in [3.8, 4) is 0 Å². The predicted molar refractivity (Wildman–Crippen MR) is 108 cm³/mol. The van der Waals surface area contributed by atoms with Crippen LogP contribution in [-0.2, 0) is 16.1 Å². The smallest absolute Gasteiger partial charge is 0.339 e. The number of nitrogens with one attached hydrogen (secondary N) is 1. The first-order valence-electron chi connectivity index (χ1n) is 8.90. The molecule has 144 valence electrons. The Hall–Kier alpha value is -2.99. The molecule has 0 aliphatic rings. The highest BCUT2D eigenvalue weighted by Crippen LogP contribution is 2.25. The number of amides is 1. The second kappa shape index (κ2) is 9.80. The molecule has 1 heterocycles. The average Bonchev–Trinajstić information content (AvgIpc) is 3.25. The third-order valence-corrected chi connectivity index (χ3v) is 5.13. The lowest BCUT2D eigenvalue weighted by molar-refractivity contribution is -0.118. The summed E-state index contributed by atoms with van der Waals surface area (Å²) in [5.74, 6) is 0.342. The third kappa shape index (κ3) is 5.50. The Morgan fingerprint density at radius 1 is 1.04 bits per heavy atom. The van der Waals surface area contributed by atoms with Crippen molar-refractivity contribution in [1.82, 2.24) is 5.32 Å². The maximum Gasteiger partial charge on any atom is 0.339 e. The summed E-state index contributed by atoms with van der Waals surface area (Å²) in [7, 11) is 0. The van der Waals surface area contributed by atoms with Gasteiger partial charge >= 0.3 is 5.97 Å². The molecule has 1 aromatic heterocycles. The van der Waals surface area contributed by atoms with E-state index in [9.17, 15) is 9.59 Å². The van der Waals surface area contributed by atoms with Crippen molar-refractivity contribution in [2.45, 2.75) is 24.5 Å². The van der Waals surface area contributed by atoms with Crippen LogP contribution in [0.2, 0.25) is 0 Å². The van der Waals surface area contributed by atoms with Crippen molar-refractivity contribution < 1.29 is 18.7 Å². The Morgan fingerprint density at radius 3 is 2.54 bits per heavy atom. The van der Waals surface area contributed by atoms with E-state index in [-0.39, 0.29) is 17.8 Å². The van der Waals surface area contributed by atoms with Crippen LogP contribution in [0.1, 0.15) is 34.7 Å². The zero-order valence-corrected chi connectivity index (χ0v) is 16.3. The molecule has 6 heteroatoms. The molecule has 2 aromatic carbocycles. The Balaban J connectivity index is 1.57. The van der Waals surface area contributed by atoms with Gasteiger partial charge in [-0.3, -0.25) is 4.79 Å². The van der Waals surface area contributed by atoms with Gasteiger partial charge in [-0.2, -0.15) is 0 Å². The Bertz CT molecular complexity index is 909. The quantitative estimate of drug-likeness (QED) is 0.446. The van der Waals surface area contributed by atoms with E-state index in [1.165, 1.54) is 11.8 Å². The number of esters is 1. The molecule has 0 saturated carbocycles. The zero-order chi connectivity index (χ0) is 19.8. The molecule has 0 fully saturated rings. The number of furan rings is 1.